The molecule has 0 radical (unpaired) electrons. The van der Waals surface area contributed by atoms with E-state index in [9.17, 15) is 9.59 Å². The summed E-state index contributed by atoms with van der Waals surface area (Å²) >= 11 is 0. The monoisotopic (exact) mass is 415 g/mol. The second-order valence-electron chi connectivity index (χ2n) is 11.2. The van der Waals surface area contributed by atoms with Crippen LogP contribution in [0, 0.1) is 40.4 Å². The molecule has 1 amide bonds. The van der Waals surface area contributed by atoms with Crippen LogP contribution in [0.5, 0.6) is 0 Å². The van der Waals surface area contributed by atoms with Crippen molar-refractivity contribution in [2.45, 2.75) is 92.1 Å². The maximum absolute atomic E-state index is 12.6. The molecule has 30 heavy (non-hydrogen) atoms. The number of carbonyl (C=O) groups is 2. The molecular weight excluding hydrogens is 374 g/mol. The predicted molar refractivity (Wildman–Crippen MR) is 119 cm³/mol. The molecule has 3 fully saturated rings. The van der Waals surface area contributed by atoms with Crippen LogP contribution in [0.4, 0.5) is 0 Å². The normalized spacial score (nSPS) is 43.5. The van der Waals surface area contributed by atoms with Crippen molar-refractivity contribution >= 4 is 11.9 Å². The van der Waals surface area contributed by atoms with E-state index in [2.05, 4.69) is 32.2 Å². The first-order valence-corrected chi connectivity index (χ1v) is 12.4. The van der Waals surface area contributed by atoms with Crippen molar-refractivity contribution in [1.82, 2.24) is 5.32 Å². The summed E-state index contributed by atoms with van der Waals surface area (Å²) < 4.78 is 5.59. The lowest BCUT2D eigenvalue weighted by molar-refractivity contribution is -0.152. The topological polar surface area (TPSA) is 55.4 Å². The average molecular weight is 416 g/mol. The summed E-state index contributed by atoms with van der Waals surface area (Å²) in [5.41, 5.74) is 2.31. The smallest absolute Gasteiger partial charge is 0.302 e. The first-order chi connectivity index (χ1) is 14.2. The molecule has 1 N–H and O–H groups in total. The van der Waals surface area contributed by atoms with Crippen LogP contribution in [-0.2, 0) is 14.3 Å². The highest BCUT2D eigenvalue weighted by Gasteiger charge is 2.58. The molecule has 0 heterocycles. The lowest BCUT2D eigenvalue weighted by Crippen LogP contribution is -2.50. The minimum atomic E-state index is -0.137. The Morgan fingerprint density at radius 3 is 2.53 bits per heavy atom. The fourth-order valence-electron chi connectivity index (χ4n) is 8.19. The highest BCUT2D eigenvalue weighted by molar-refractivity contribution is 5.78. The Kier molecular flexibility index (Phi) is 5.83. The number of ether oxygens (including phenoxy) is 1. The van der Waals surface area contributed by atoms with Gasteiger partial charge in [0.15, 0.2) is 0 Å². The zero-order valence-electron chi connectivity index (χ0n) is 19.6. The van der Waals surface area contributed by atoms with Gasteiger partial charge < -0.3 is 10.1 Å². The maximum Gasteiger partial charge on any atom is 0.302 e. The third-order valence-electron chi connectivity index (χ3n) is 9.81. The number of hydrogen-bond acceptors (Lipinski definition) is 3. The van der Waals surface area contributed by atoms with Gasteiger partial charge in [0, 0.05) is 19.4 Å². The van der Waals surface area contributed by atoms with Gasteiger partial charge in [-0.1, -0.05) is 32.4 Å². The largest absolute Gasteiger partial charge is 0.463 e. The highest BCUT2D eigenvalue weighted by Crippen LogP contribution is 2.66. The Labute approximate surface area is 182 Å². The van der Waals surface area contributed by atoms with Crippen molar-refractivity contribution in [1.29, 1.82) is 0 Å². The average Bonchev–Trinajstić information content (AvgIpc) is 3.04. The van der Waals surface area contributed by atoms with Gasteiger partial charge in [-0.25, -0.2) is 0 Å². The minimum absolute atomic E-state index is 0.100. The van der Waals surface area contributed by atoms with Crippen LogP contribution in [0.3, 0.4) is 0 Å². The molecular formula is C26H41NO3. The molecule has 0 saturated heterocycles. The van der Waals surface area contributed by atoms with Crippen LogP contribution in [0.25, 0.3) is 0 Å². The van der Waals surface area contributed by atoms with E-state index >= 15 is 0 Å². The highest BCUT2D eigenvalue weighted by atomic mass is 16.5. The third kappa shape index (κ3) is 3.42. The Morgan fingerprint density at radius 1 is 1.13 bits per heavy atom. The van der Waals surface area contributed by atoms with Crippen molar-refractivity contribution in [3.63, 3.8) is 0 Å². The van der Waals surface area contributed by atoms with E-state index in [1.54, 1.807) is 5.57 Å². The fraction of sp³-hybridized carbons (Fsp3) is 0.846. The third-order valence-corrected chi connectivity index (χ3v) is 9.81. The summed E-state index contributed by atoms with van der Waals surface area (Å²) in [7, 11) is 0. The summed E-state index contributed by atoms with van der Waals surface area (Å²) in [6.07, 6.45) is 11.9. The first kappa shape index (κ1) is 21.9. The van der Waals surface area contributed by atoms with E-state index in [-0.39, 0.29) is 29.3 Å². The second-order valence-corrected chi connectivity index (χ2v) is 11.2. The number of amides is 1. The fourth-order valence-corrected chi connectivity index (χ4v) is 8.19. The Morgan fingerprint density at radius 2 is 1.83 bits per heavy atom. The van der Waals surface area contributed by atoms with E-state index in [0.717, 1.165) is 25.8 Å². The van der Waals surface area contributed by atoms with Crippen LogP contribution in [0.1, 0.15) is 86.0 Å². The van der Waals surface area contributed by atoms with Crippen molar-refractivity contribution in [2.75, 3.05) is 6.54 Å². The second kappa shape index (κ2) is 7.98. The van der Waals surface area contributed by atoms with Gasteiger partial charge in [0.25, 0.3) is 0 Å². The molecule has 3 saturated carbocycles. The molecule has 8 atom stereocenters. The van der Waals surface area contributed by atoms with Gasteiger partial charge in [-0.3, -0.25) is 9.59 Å². The van der Waals surface area contributed by atoms with Crippen LogP contribution in [0.15, 0.2) is 11.6 Å². The molecule has 168 valence electrons. The number of rotatable bonds is 4. The molecule has 0 aliphatic heterocycles. The number of allylic oxidation sites excluding steroid dienone is 2. The quantitative estimate of drug-likeness (QED) is 0.503. The summed E-state index contributed by atoms with van der Waals surface area (Å²) in [5.74, 6) is 2.62. The molecule has 4 rings (SSSR count). The number of esters is 1. The van der Waals surface area contributed by atoms with E-state index in [4.69, 9.17) is 4.74 Å². The minimum Gasteiger partial charge on any atom is -0.463 e. The predicted octanol–water partition coefficient (Wildman–Crippen LogP) is 5.27. The molecule has 0 spiro atoms. The Bertz CT molecular complexity index is 730. The molecule has 0 aromatic carbocycles. The number of fused-ring (bicyclic) bond motifs is 5. The Balaban J connectivity index is 1.54. The number of hydrogen-bond donors (Lipinski definition) is 1. The van der Waals surface area contributed by atoms with Crippen LogP contribution >= 0.6 is 0 Å². The van der Waals surface area contributed by atoms with Crippen molar-refractivity contribution < 1.29 is 14.3 Å². The van der Waals surface area contributed by atoms with Gasteiger partial charge in [0.05, 0.1) is 0 Å². The van der Waals surface area contributed by atoms with Crippen molar-refractivity contribution in [2.24, 2.45) is 40.4 Å². The van der Waals surface area contributed by atoms with Crippen LogP contribution in [-0.4, -0.2) is 24.5 Å². The van der Waals surface area contributed by atoms with Crippen LogP contribution in [0.2, 0.25) is 0 Å². The van der Waals surface area contributed by atoms with Gasteiger partial charge >= 0.3 is 5.97 Å². The van der Waals surface area contributed by atoms with Crippen molar-refractivity contribution in [3.8, 4) is 0 Å². The van der Waals surface area contributed by atoms with Gasteiger partial charge in [0.2, 0.25) is 5.91 Å². The summed E-state index contributed by atoms with van der Waals surface area (Å²) in [4.78, 5) is 24.1. The summed E-state index contributed by atoms with van der Waals surface area (Å²) in [6.45, 7) is 11.4. The van der Waals surface area contributed by atoms with E-state index in [0.29, 0.717) is 29.1 Å². The molecule has 0 aromatic rings. The SMILES string of the molecule is CCNC(=O)[C@@H](C)[C@H]1CC[C@H]2C3=CC[C@H]4C[C@@H](OC(C)=O)CC[C@]4(C)[C@H]3CC[C@]12C. The molecule has 4 nitrogen and oxygen atoms in total. The summed E-state index contributed by atoms with van der Waals surface area (Å²) in [5, 5.41) is 3.06. The zero-order chi connectivity index (χ0) is 21.7. The molecule has 0 aromatic heterocycles. The van der Waals surface area contributed by atoms with Gasteiger partial charge in [0.1, 0.15) is 6.10 Å². The zero-order valence-corrected chi connectivity index (χ0v) is 19.6. The molecule has 4 aliphatic carbocycles. The lowest BCUT2D eigenvalue weighted by atomic mass is 9.47. The van der Waals surface area contributed by atoms with E-state index in [1.165, 1.54) is 39.0 Å². The first-order valence-electron chi connectivity index (χ1n) is 12.4. The standard InChI is InChI=1S/C26H41NO3/c1-6-27-24(29)16(2)21-9-10-22-20-8-7-18-15-19(30-17(3)28)11-13-25(18,4)23(20)12-14-26(21,22)5/h8,16,18-19,21-23H,6-7,9-15H2,1-5H3,(H,27,29)/t16-,18-,19-,21+,22-,23-,25-,26+/m0/s1. The number of carbonyl (C=O) groups excluding carboxylic acids is 2. The molecule has 0 bridgehead atoms. The lowest BCUT2D eigenvalue weighted by Gasteiger charge is -2.57. The summed E-state index contributed by atoms with van der Waals surface area (Å²) in [6, 6.07) is 0. The van der Waals surface area contributed by atoms with Crippen molar-refractivity contribution in [3.05, 3.63) is 11.6 Å². The van der Waals surface area contributed by atoms with Gasteiger partial charge in [-0.15, -0.1) is 0 Å². The molecule has 4 heteroatoms. The van der Waals surface area contributed by atoms with Gasteiger partial charge in [-0.05, 0) is 92.8 Å². The van der Waals surface area contributed by atoms with Crippen LogP contribution < -0.4 is 5.32 Å². The molecule has 4 aliphatic rings. The van der Waals surface area contributed by atoms with E-state index in [1.807, 2.05) is 6.92 Å². The van der Waals surface area contributed by atoms with Gasteiger partial charge in [-0.2, -0.15) is 0 Å². The Hall–Kier alpha value is -1.32. The number of nitrogens with one attached hydrogen (secondary N) is 1. The maximum atomic E-state index is 12.6. The molecule has 0 unspecified atom stereocenters. The van der Waals surface area contributed by atoms with E-state index < -0.39 is 0 Å².